The van der Waals surface area contributed by atoms with Crippen LogP contribution in [0.4, 0.5) is 0 Å². The van der Waals surface area contributed by atoms with Gasteiger partial charge in [-0.2, -0.15) is 0 Å². The van der Waals surface area contributed by atoms with Gasteiger partial charge in [0.05, 0.1) is 6.10 Å². The highest BCUT2D eigenvalue weighted by Gasteiger charge is 2.40. The summed E-state index contributed by atoms with van der Waals surface area (Å²) in [5.41, 5.74) is 0. The fourth-order valence-electron chi connectivity index (χ4n) is 1.00. The van der Waals surface area contributed by atoms with Crippen LogP contribution in [0.15, 0.2) is 0 Å². The molecule has 0 bridgehead atoms. The first-order chi connectivity index (χ1) is 5.04. The molecule has 0 aromatic heterocycles. The second kappa shape index (κ2) is 3.37. The van der Waals surface area contributed by atoms with Gasteiger partial charge in [0.15, 0.2) is 0 Å². The largest absolute Gasteiger partial charge is 0.388 e. The van der Waals surface area contributed by atoms with Crippen molar-refractivity contribution in [2.75, 3.05) is 0 Å². The second-order valence-electron chi connectivity index (χ2n) is 2.66. The minimum Gasteiger partial charge on any atom is -0.388 e. The Bertz CT molecular complexity index is 129. The van der Waals surface area contributed by atoms with Gasteiger partial charge in [-0.15, -0.1) is 0 Å². The summed E-state index contributed by atoms with van der Waals surface area (Å²) in [6, 6.07) is 0. The van der Waals surface area contributed by atoms with Crippen LogP contribution < -0.4 is 0 Å². The zero-order valence-electron chi connectivity index (χ0n) is 6.01. The number of rotatable bonds is 0. The van der Waals surface area contributed by atoms with Gasteiger partial charge in [0.2, 0.25) is 0 Å². The third-order valence-electron chi connectivity index (χ3n) is 1.79. The Labute approximate surface area is 72.9 Å². The molecule has 1 fully saturated rings. The number of halogens is 1. The van der Waals surface area contributed by atoms with Crippen molar-refractivity contribution in [1.29, 1.82) is 0 Å². The molecule has 1 rings (SSSR count). The average molecular weight is 227 g/mol. The van der Waals surface area contributed by atoms with Gasteiger partial charge in [0.25, 0.3) is 0 Å². The maximum absolute atomic E-state index is 9.18. The molecule has 0 aromatic rings. The van der Waals surface area contributed by atoms with Gasteiger partial charge < -0.3 is 20.1 Å². The van der Waals surface area contributed by atoms with E-state index in [1.165, 1.54) is 0 Å². The molecule has 11 heavy (non-hydrogen) atoms. The molecule has 0 amide bonds. The van der Waals surface area contributed by atoms with E-state index < -0.39 is 29.4 Å². The molecule has 0 spiro atoms. The van der Waals surface area contributed by atoms with Gasteiger partial charge in [0, 0.05) is 0 Å². The van der Waals surface area contributed by atoms with Crippen LogP contribution in [0.1, 0.15) is 6.92 Å². The lowest BCUT2D eigenvalue weighted by atomic mass is 10.0. The Balaban J connectivity index is 2.63. The monoisotopic (exact) mass is 226 g/mol. The van der Waals surface area contributed by atoms with E-state index in [4.69, 9.17) is 9.84 Å². The summed E-state index contributed by atoms with van der Waals surface area (Å²) in [5, 5.41) is 26.9. The minimum absolute atomic E-state index is 0.460. The number of aliphatic hydroxyl groups is 3. The van der Waals surface area contributed by atoms with Crippen molar-refractivity contribution < 1.29 is 20.1 Å². The zero-order chi connectivity index (χ0) is 8.59. The fourth-order valence-corrected chi connectivity index (χ4v) is 1.65. The summed E-state index contributed by atoms with van der Waals surface area (Å²) in [6.07, 6.45) is -3.68. The van der Waals surface area contributed by atoms with Crippen molar-refractivity contribution in [1.82, 2.24) is 0 Å². The Morgan fingerprint density at radius 2 is 1.64 bits per heavy atom. The normalized spacial score (nSPS) is 52.6. The SMILES string of the molecule is C[C@H]1O[C@H](Br)[C@H](O)[C@@H](O)[C@H]1O. The van der Waals surface area contributed by atoms with Gasteiger partial charge in [-0.3, -0.25) is 0 Å². The highest BCUT2D eigenvalue weighted by atomic mass is 79.9. The zero-order valence-corrected chi connectivity index (χ0v) is 7.60. The smallest absolute Gasteiger partial charge is 0.141 e. The van der Waals surface area contributed by atoms with Crippen LogP contribution in [-0.4, -0.2) is 44.7 Å². The number of hydrogen-bond acceptors (Lipinski definition) is 4. The average Bonchev–Trinajstić information content (AvgIpc) is 1.97. The molecule has 1 heterocycles. The third-order valence-corrected chi connectivity index (χ3v) is 2.55. The van der Waals surface area contributed by atoms with E-state index in [0.717, 1.165) is 0 Å². The van der Waals surface area contributed by atoms with E-state index in [0.29, 0.717) is 0 Å². The van der Waals surface area contributed by atoms with Gasteiger partial charge in [0.1, 0.15) is 23.3 Å². The molecule has 1 aliphatic rings. The van der Waals surface area contributed by atoms with E-state index in [2.05, 4.69) is 15.9 Å². The van der Waals surface area contributed by atoms with Crippen LogP contribution in [0.3, 0.4) is 0 Å². The molecule has 1 saturated heterocycles. The molecule has 0 aliphatic carbocycles. The van der Waals surface area contributed by atoms with Gasteiger partial charge in [-0.25, -0.2) is 0 Å². The molecule has 1 aliphatic heterocycles. The van der Waals surface area contributed by atoms with Crippen molar-refractivity contribution in [3.8, 4) is 0 Å². The van der Waals surface area contributed by atoms with E-state index in [-0.39, 0.29) is 0 Å². The molecule has 3 N–H and O–H groups in total. The summed E-state index contributed by atoms with van der Waals surface area (Å²) in [6.45, 7) is 1.63. The molecule has 0 aromatic carbocycles. The quantitative estimate of drug-likeness (QED) is 0.474. The highest BCUT2D eigenvalue weighted by Crippen LogP contribution is 2.23. The maximum atomic E-state index is 9.18. The van der Waals surface area contributed by atoms with Gasteiger partial charge in [-0.1, -0.05) is 15.9 Å². The second-order valence-corrected chi connectivity index (χ2v) is 3.57. The van der Waals surface area contributed by atoms with Gasteiger partial charge >= 0.3 is 0 Å². The Kier molecular flexibility index (Phi) is 2.88. The fraction of sp³-hybridized carbons (Fsp3) is 1.00. The Morgan fingerprint density at radius 3 is 2.18 bits per heavy atom. The molecule has 5 atom stereocenters. The van der Waals surface area contributed by atoms with E-state index in [1.807, 2.05) is 0 Å². The van der Waals surface area contributed by atoms with Crippen LogP contribution in [0.25, 0.3) is 0 Å². The molecular weight excluding hydrogens is 216 g/mol. The Morgan fingerprint density at radius 1 is 1.09 bits per heavy atom. The molecule has 0 radical (unpaired) electrons. The van der Waals surface area contributed by atoms with E-state index in [1.54, 1.807) is 6.92 Å². The number of alkyl halides is 1. The topological polar surface area (TPSA) is 69.9 Å². The van der Waals surface area contributed by atoms with Crippen molar-refractivity contribution >= 4 is 15.9 Å². The molecular formula is C6H11BrO4. The van der Waals surface area contributed by atoms with Crippen molar-refractivity contribution in [2.24, 2.45) is 0 Å². The Hall–Kier alpha value is 0.320. The van der Waals surface area contributed by atoms with Gasteiger partial charge in [-0.05, 0) is 6.92 Å². The van der Waals surface area contributed by atoms with Crippen molar-refractivity contribution in [3.05, 3.63) is 0 Å². The lowest BCUT2D eigenvalue weighted by Crippen LogP contribution is -2.54. The number of aliphatic hydroxyl groups excluding tert-OH is 3. The maximum Gasteiger partial charge on any atom is 0.141 e. The predicted molar refractivity (Wildman–Crippen MR) is 41.3 cm³/mol. The predicted octanol–water partition coefficient (Wildman–Crippen LogP) is -0.791. The molecule has 5 heteroatoms. The highest BCUT2D eigenvalue weighted by molar-refractivity contribution is 9.09. The van der Waals surface area contributed by atoms with Crippen LogP contribution in [-0.2, 0) is 4.74 Å². The lowest BCUT2D eigenvalue weighted by molar-refractivity contribution is -0.190. The van der Waals surface area contributed by atoms with E-state index >= 15 is 0 Å². The first-order valence-electron chi connectivity index (χ1n) is 3.37. The molecule has 0 unspecified atom stereocenters. The van der Waals surface area contributed by atoms with Crippen LogP contribution >= 0.6 is 15.9 Å². The van der Waals surface area contributed by atoms with Crippen molar-refractivity contribution in [3.63, 3.8) is 0 Å². The summed E-state index contributed by atoms with van der Waals surface area (Å²) in [7, 11) is 0. The van der Waals surface area contributed by atoms with Crippen molar-refractivity contribution in [2.45, 2.75) is 36.4 Å². The minimum atomic E-state index is -1.14. The molecule has 4 nitrogen and oxygen atoms in total. The van der Waals surface area contributed by atoms with Crippen LogP contribution in [0.5, 0.6) is 0 Å². The molecule has 66 valence electrons. The lowest BCUT2D eigenvalue weighted by Gasteiger charge is -2.36. The summed E-state index contributed by atoms with van der Waals surface area (Å²) < 4.78 is 5.04. The number of hydrogen-bond donors (Lipinski definition) is 3. The first kappa shape index (κ1) is 9.41. The van der Waals surface area contributed by atoms with E-state index in [9.17, 15) is 10.2 Å². The van der Waals surface area contributed by atoms with Crippen LogP contribution in [0, 0.1) is 0 Å². The summed E-state index contributed by atoms with van der Waals surface area (Å²) in [4.78, 5) is 0. The first-order valence-corrected chi connectivity index (χ1v) is 4.29. The summed E-state index contributed by atoms with van der Waals surface area (Å²) in [5.74, 6) is 0. The molecule has 0 saturated carbocycles. The number of ether oxygens (including phenoxy) is 1. The third kappa shape index (κ3) is 1.73. The summed E-state index contributed by atoms with van der Waals surface area (Å²) >= 11 is 3.02. The van der Waals surface area contributed by atoms with Crippen LogP contribution in [0.2, 0.25) is 0 Å². The standard InChI is InChI=1S/C6H11BrO4/c1-2-3(8)4(9)5(10)6(7)11-2/h2-6,8-10H,1H3/t2-,3+,4+,5-,6+/m1/s1.